The number of pyridine rings is 1. The summed E-state index contributed by atoms with van der Waals surface area (Å²) in [5.41, 5.74) is 1.34. The van der Waals surface area contributed by atoms with Crippen molar-refractivity contribution in [3.8, 4) is 0 Å². The first kappa shape index (κ1) is 46.2. The maximum atomic E-state index is 6.84. The lowest BCUT2D eigenvalue weighted by atomic mass is 9.96. The van der Waals surface area contributed by atoms with Crippen molar-refractivity contribution >= 4 is 0 Å². The third-order valence-corrected chi connectivity index (χ3v) is 10.7. The quantitative estimate of drug-likeness (QED) is 0.0517. The molecule has 3 heteroatoms. The van der Waals surface area contributed by atoms with E-state index in [4.69, 9.17) is 9.47 Å². The van der Waals surface area contributed by atoms with Crippen molar-refractivity contribution in [2.75, 3.05) is 6.61 Å². The summed E-state index contributed by atoms with van der Waals surface area (Å²) < 4.78 is 13.4. The molecule has 0 amide bonds. The Hall–Kier alpha value is -1.97. The second-order valence-electron chi connectivity index (χ2n) is 15.9. The molecule has 2 atom stereocenters. The van der Waals surface area contributed by atoms with E-state index in [0.29, 0.717) is 5.92 Å². The molecule has 1 aliphatic rings. The Morgan fingerprint density at radius 3 is 1.62 bits per heavy atom. The fourth-order valence-corrected chi connectivity index (χ4v) is 7.40. The highest BCUT2D eigenvalue weighted by Crippen LogP contribution is 2.36. The minimum Gasteiger partial charge on any atom is -0.347 e. The molecule has 0 aromatic carbocycles. The summed E-state index contributed by atoms with van der Waals surface area (Å²) in [6.07, 6.45) is 59.3. The number of allylic oxidation sites excluding steroid dienone is 8. The topological polar surface area (TPSA) is 31.4 Å². The van der Waals surface area contributed by atoms with Crippen LogP contribution in [0.2, 0.25) is 0 Å². The molecule has 1 aromatic rings. The molecule has 296 valence electrons. The van der Waals surface area contributed by atoms with Crippen LogP contribution >= 0.6 is 0 Å². The number of ether oxygens (including phenoxy) is 2. The highest BCUT2D eigenvalue weighted by molar-refractivity contribution is 5.09. The van der Waals surface area contributed by atoms with Crippen molar-refractivity contribution in [1.82, 2.24) is 4.98 Å². The number of rotatable bonds is 35. The van der Waals surface area contributed by atoms with E-state index in [1.54, 1.807) is 0 Å². The number of aromatic nitrogens is 1. The van der Waals surface area contributed by atoms with Crippen molar-refractivity contribution < 1.29 is 9.47 Å². The summed E-state index contributed by atoms with van der Waals surface area (Å²) in [4.78, 5) is 4.30. The minimum absolute atomic E-state index is 0.241. The molecule has 0 aliphatic carbocycles. The molecule has 52 heavy (non-hydrogen) atoms. The van der Waals surface area contributed by atoms with E-state index in [2.05, 4.69) is 80.4 Å². The molecule has 1 aromatic heterocycles. The van der Waals surface area contributed by atoms with E-state index in [0.717, 1.165) is 45.1 Å². The number of unbranched alkanes of at least 4 members (excludes halogenated alkanes) is 18. The molecule has 0 bridgehead atoms. The molecule has 0 saturated carbocycles. The zero-order valence-corrected chi connectivity index (χ0v) is 34.6. The lowest BCUT2D eigenvalue weighted by Crippen LogP contribution is -2.31. The second kappa shape index (κ2) is 33.6. The van der Waals surface area contributed by atoms with Crippen LogP contribution in [0.25, 0.3) is 0 Å². The van der Waals surface area contributed by atoms with Gasteiger partial charge >= 0.3 is 0 Å². The molecule has 2 unspecified atom stereocenters. The van der Waals surface area contributed by atoms with E-state index in [1.807, 2.05) is 18.5 Å². The molecule has 0 radical (unpaired) electrons. The van der Waals surface area contributed by atoms with Crippen LogP contribution < -0.4 is 0 Å². The van der Waals surface area contributed by atoms with E-state index in [9.17, 15) is 0 Å². The third-order valence-electron chi connectivity index (χ3n) is 10.7. The van der Waals surface area contributed by atoms with E-state index in [1.165, 1.54) is 153 Å². The van der Waals surface area contributed by atoms with Crippen LogP contribution in [0.1, 0.15) is 206 Å². The van der Waals surface area contributed by atoms with Gasteiger partial charge in [0, 0.05) is 25.2 Å². The molecule has 0 N–H and O–H groups in total. The van der Waals surface area contributed by atoms with E-state index >= 15 is 0 Å². The zero-order valence-electron chi connectivity index (χ0n) is 34.6. The van der Waals surface area contributed by atoms with Gasteiger partial charge in [0.15, 0.2) is 5.79 Å². The van der Waals surface area contributed by atoms with Gasteiger partial charge in [0.25, 0.3) is 0 Å². The predicted octanol–water partition coefficient (Wildman–Crippen LogP) is 15.6. The monoisotopic (exact) mass is 718 g/mol. The zero-order chi connectivity index (χ0) is 37.1. The average molecular weight is 718 g/mol. The lowest BCUT2D eigenvalue weighted by molar-refractivity contribution is -0.180. The standard InChI is InChI=1S/C49H83NO2/c1-4-6-8-10-12-14-16-18-20-22-24-26-28-30-32-34-40-49(51-45-48(52-49)39-38-46(3)43-47-37-36-42-50-44-47)41-35-33-31-29-27-25-23-21-19-17-15-13-11-9-7-5-2/h12-15,18-21,36-37,42,44,46,48H,4-11,16-17,22-35,38-41,43,45H2,1-3H3/b14-12-,15-13-,20-18-,21-19-. The largest absolute Gasteiger partial charge is 0.347 e. The fraction of sp³-hybridized carbons (Fsp3) is 0.735. The molecule has 1 fully saturated rings. The Balaban J connectivity index is 1.62. The second-order valence-corrected chi connectivity index (χ2v) is 15.9. The van der Waals surface area contributed by atoms with Crippen molar-refractivity contribution in [1.29, 1.82) is 0 Å². The predicted molar refractivity (Wildman–Crippen MR) is 228 cm³/mol. The van der Waals surface area contributed by atoms with Gasteiger partial charge in [-0.3, -0.25) is 4.98 Å². The van der Waals surface area contributed by atoms with Gasteiger partial charge in [-0.1, -0.05) is 152 Å². The van der Waals surface area contributed by atoms with Gasteiger partial charge in [0.1, 0.15) is 0 Å². The van der Waals surface area contributed by atoms with Crippen molar-refractivity contribution in [2.24, 2.45) is 5.92 Å². The maximum Gasteiger partial charge on any atom is 0.168 e. The van der Waals surface area contributed by atoms with Crippen molar-refractivity contribution in [2.45, 2.75) is 219 Å². The average Bonchev–Trinajstić information content (AvgIpc) is 3.57. The Morgan fingerprint density at radius 1 is 0.654 bits per heavy atom. The minimum atomic E-state index is -0.345. The molecular weight excluding hydrogens is 635 g/mol. The third kappa shape index (κ3) is 25.9. The van der Waals surface area contributed by atoms with Crippen molar-refractivity contribution in [3.05, 3.63) is 78.7 Å². The molecular formula is C49H83NO2. The maximum absolute atomic E-state index is 6.84. The molecule has 2 rings (SSSR count). The van der Waals surface area contributed by atoms with Crippen LogP contribution in [0.5, 0.6) is 0 Å². The van der Waals surface area contributed by atoms with Gasteiger partial charge in [0.05, 0.1) is 12.7 Å². The SMILES string of the molecule is CCCCC/C=C\C/C=C\CCCCCCCCC1(CCCCCCCC/C=C\C/C=C\CCCCC)OCC(CCC(C)Cc2cccnc2)O1. The molecule has 2 heterocycles. The Labute approximate surface area is 323 Å². The first-order valence-electron chi connectivity index (χ1n) is 22.5. The van der Waals surface area contributed by atoms with Gasteiger partial charge in [-0.05, 0) is 114 Å². The lowest BCUT2D eigenvalue weighted by Gasteiger charge is -2.29. The summed E-state index contributed by atoms with van der Waals surface area (Å²) >= 11 is 0. The molecule has 3 nitrogen and oxygen atoms in total. The number of nitrogens with zero attached hydrogens (tertiary/aromatic N) is 1. The number of hydrogen-bond acceptors (Lipinski definition) is 3. The first-order valence-corrected chi connectivity index (χ1v) is 22.5. The van der Waals surface area contributed by atoms with Gasteiger partial charge in [-0.2, -0.15) is 0 Å². The van der Waals surface area contributed by atoms with Gasteiger partial charge in [0.2, 0.25) is 0 Å². The fourth-order valence-electron chi connectivity index (χ4n) is 7.40. The highest BCUT2D eigenvalue weighted by Gasteiger charge is 2.40. The van der Waals surface area contributed by atoms with Crippen LogP contribution in [0.3, 0.4) is 0 Å². The van der Waals surface area contributed by atoms with Crippen LogP contribution in [0, 0.1) is 5.92 Å². The van der Waals surface area contributed by atoms with E-state index in [-0.39, 0.29) is 11.9 Å². The summed E-state index contributed by atoms with van der Waals surface area (Å²) in [6.45, 7) is 7.67. The summed E-state index contributed by atoms with van der Waals surface area (Å²) in [5, 5.41) is 0. The van der Waals surface area contributed by atoms with E-state index < -0.39 is 0 Å². The molecule has 1 saturated heterocycles. The van der Waals surface area contributed by atoms with Gasteiger partial charge in [-0.25, -0.2) is 0 Å². The van der Waals surface area contributed by atoms with Gasteiger partial charge in [-0.15, -0.1) is 0 Å². The Bertz CT molecular complexity index is 979. The molecule has 1 aliphatic heterocycles. The molecule has 0 spiro atoms. The normalized spacial score (nSPS) is 16.8. The highest BCUT2D eigenvalue weighted by atomic mass is 16.7. The van der Waals surface area contributed by atoms with Crippen LogP contribution in [-0.4, -0.2) is 23.5 Å². The summed E-state index contributed by atoms with van der Waals surface area (Å²) in [6, 6.07) is 4.25. The number of hydrogen-bond donors (Lipinski definition) is 0. The van der Waals surface area contributed by atoms with Crippen LogP contribution in [0.15, 0.2) is 73.1 Å². The Morgan fingerprint density at radius 2 is 1.13 bits per heavy atom. The van der Waals surface area contributed by atoms with Crippen LogP contribution in [0.4, 0.5) is 0 Å². The van der Waals surface area contributed by atoms with Gasteiger partial charge < -0.3 is 9.47 Å². The summed E-state index contributed by atoms with van der Waals surface area (Å²) in [5.74, 6) is 0.282. The van der Waals surface area contributed by atoms with Crippen LogP contribution in [-0.2, 0) is 15.9 Å². The summed E-state index contributed by atoms with van der Waals surface area (Å²) in [7, 11) is 0. The smallest absolute Gasteiger partial charge is 0.168 e. The first-order chi connectivity index (χ1) is 25.7. The Kier molecular flexibility index (Phi) is 29.8. The van der Waals surface area contributed by atoms with Crippen molar-refractivity contribution in [3.63, 3.8) is 0 Å².